The van der Waals surface area contributed by atoms with Crippen molar-refractivity contribution in [2.45, 2.75) is 51.6 Å². The lowest BCUT2D eigenvalue weighted by molar-refractivity contribution is -0.142. The predicted molar refractivity (Wildman–Crippen MR) is 112 cm³/mol. The highest BCUT2D eigenvalue weighted by molar-refractivity contribution is 6.30. The van der Waals surface area contributed by atoms with E-state index in [1.165, 1.54) is 6.92 Å². The highest BCUT2D eigenvalue weighted by atomic mass is 35.5. The summed E-state index contributed by atoms with van der Waals surface area (Å²) in [5.74, 6) is -1.79. The number of nitrogens with one attached hydrogen (secondary N) is 2. The van der Waals surface area contributed by atoms with E-state index >= 15 is 0 Å². The Hall–Kier alpha value is -2.81. The first kappa shape index (κ1) is 25.2. The molecule has 0 aliphatic carbocycles. The molecule has 1 aromatic carbocycles. The second-order valence-electron chi connectivity index (χ2n) is 7.19. The average molecular weight is 441 g/mol. The fraction of sp³-hybridized carbons (Fsp3) is 0.500. The van der Waals surface area contributed by atoms with Crippen LogP contribution in [0.4, 0.5) is 4.79 Å². The van der Waals surface area contributed by atoms with Crippen LogP contribution in [0.15, 0.2) is 30.3 Å². The molecule has 166 valence electrons. The minimum atomic E-state index is -0.956. The van der Waals surface area contributed by atoms with Gasteiger partial charge in [-0.25, -0.2) is 4.79 Å². The molecule has 0 radical (unpaired) electrons. The highest BCUT2D eigenvalue weighted by Gasteiger charge is 2.27. The van der Waals surface area contributed by atoms with Gasteiger partial charge >= 0.3 is 6.09 Å². The van der Waals surface area contributed by atoms with Gasteiger partial charge in [-0.05, 0) is 24.8 Å². The molecule has 1 aromatic rings. The normalized spacial score (nSPS) is 12.6. The van der Waals surface area contributed by atoms with Gasteiger partial charge in [-0.1, -0.05) is 44.2 Å². The molecule has 0 fully saturated rings. The topological polar surface area (TPSA) is 131 Å². The third-order valence-electron chi connectivity index (χ3n) is 3.96. The van der Waals surface area contributed by atoms with Gasteiger partial charge in [-0.3, -0.25) is 24.8 Å². The van der Waals surface area contributed by atoms with Crippen LogP contribution in [-0.4, -0.2) is 46.8 Å². The van der Waals surface area contributed by atoms with Gasteiger partial charge in [-0.2, -0.15) is 0 Å². The molecule has 0 aliphatic heterocycles. The molecule has 0 spiro atoms. The Morgan fingerprint density at radius 2 is 1.77 bits per heavy atom. The number of alkyl halides is 1. The third-order valence-corrected chi connectivity index (χ3v) is 4.15. The number of carbonyl (C=O) groups is 4. The van der Waals surface area contributed by atoms with E-state index in [0.717, 1.165) is 10.6 Å². The number of benzene rings is 1. The molecule has 2 atom stereocenters. The van der Waals surface area contributed by atoms with Crippen LogP contribution < -0.4 is 16.5 Å². The van der Waals surface area contributed by atoms with Gasteiger partial charge in [0.15, 0.2) is 0 Å². The van der Waals surface area contributed by atoms with Crippen molar-refractivity contribution < 1.29 is 23.9 Å². The van der Waals surface area contributed by atoms with Crippen molar-refractivity contribution in [1.82, 2.24) is 15.8 Å². The Labute approximate surface area is 181 Å². The summed E-state index contributed by atoms with van der Waals surface area (Å²) in [5, 5.41) is 2.54. The van der Waals surface area contributed by atoms with E-state index in [9.17, 15) is 19.2 Å². The number of nitrogens with zero attached hydrogens (tertiary/aromatic N) is 1. The Morgan fingerprint density at radius 1 is 1.13 bits per heavy atom. The van der Waals surface area contributed by atoms with Crippen molar-refractivity contribution in [3.8, 4) is 0 Å². The van der Waals surface area contributed by atoms with Crippen LogP contribution in [0, 0.1) is 5.92 Å². The minimum absolute atomic E-state index is 0.0513. The Kier molecular flexibility index (Phi) is 10.7. The van der Waals surface area contributed by atoms with Crippen LogP contribution in [0.1, 0.15) is 39.2 Å². The molecular formula is C20H29ClN4O5. The summed E-state index contributed by atoms with van der Waals surface area (Å²) in [6.07, 6.45) is -0.613. The number of primary amides is 1. The number of amides is 4. The standard InChI is InChI=1S/C20H29ClN4O5/c1-13(2)11-16(23-20(29)30-12-15-7-5-4-6-8-15)18(27)24-25(10-9-17(22)26)19(28)14(3)21/h4-8,13-14,16H,9-12H2,1-3H3,(H2,22,26)(H,23,29)(H,24,27)/t14-,16-/m0/s1. The molecule has 30 heavy (non-hydrogen) atoms. The predicted octanol–water partition coefficient (Wildman–Crippen LogP) is 1.69. The third kappa shape index (κ3) is 9.60. The van der Waals surface area contributed by atoms with Gasteiger partial charge in [0.25, 0.3) is 11.8 Å². The maximum absolute atomic E-state index is 12.7. The van der Waals surface area contributed by atoms with Crippen LogP contribution in [0.3, 0.4) is 0 Å². The lowest BCUT2D eigenvalue weighted by Gasteiger charge is -2.27. The molecule has 0 unspecified atom stereocenters. The molecule has 1 rings (SSSR count). The summed E-state index contributed by atoms with van der Waals surface area (Å²) in [6, 6.07) is 8.15. The van der Waals surface area contributed by atoms with E-state index in [2.05, 4.69) is 10.7 Å². The van der Waals surface area contributed by atoms with Crippen LogP contribution >= 0.6 is 11.6 Å². The van der Waals surface area contributed by atoms with E-state index in [-0.39, 0.29) is 25.5 Å². The molecule has 10 heteroatoms. The van der Waals surface area contributed by atoms with Crippen molar-refractivity contribution in [3.63, 3.8) is 0 Å². The lowest BCUT2D eigenvalue weighted by Crippen LogP contribution is -2.56. The first-order chi connectivity index (χ1) is 14.1. The summed E-state index contributed by atoms with van der Waals surface area (Å²) in [4.78, 5) is 48.2. The van der Waals surface area contributed by atoms with Gasteiger partial charge in [0.1, 0.15) is 18.0 Å². The number of hydrogen-bond acceptors (Lipinski definition) is 5. The van der Waals surface area contributed by atoms with E-state index in [1.807, 2.05) is 32.0 Å². The maximum Gasteiger partial charge on any atom is 0.408 e. The molecule has 9 nitrogen and oxygen atoms in total. The van der Waals surface area contributed by atoms with Gasteiger partial charge in [0.2, 0.25) is 5.91 Å². The SMILES string of the molecule is CC(C)C[C@H](NC(=O)OCc1ccccc1)C(=O)NN(CCC(N)=O)C(=O)[C@H](C)Cl. The number of rotatable bonds is 10. The Bertz CT molecular complexity index is 727. The number of alkyl carbamates (subject to hydrolysis) is 1. The molecule has 0 saturated heterocycles. The second-order valence-corrected chi connectivity index (χ2v) is 7.84. The number of ether oxygens (including phenoxy) is 1. The highest BCUT2D eigenvalue weighted by Crippen LogP contribution is 2.08. The lowest BCUT2D eigenvalue weighted by atomic mass is 10.0. The number of hydrogen-bond donors (Lipinski definition) is 3. The number of halogens is 1. The molecule has 0 heterocycles. The summed E-state index contributed by atoms with van der Waals surface area (Å²) in [6.45, 7) is 5.12. The summed E-state index contributed by atoms with van der Waals surface area (Å²) in [5.41, 5.74) is 8.35. The Morgan fingerprint density at radius 3 is 2.30 bits per heavy atom. The number of carbonyl (C=O) groups excluding carboxylic acids is 4. The summed E-state index contributed by atoms with van der Waals surface area (Å²) >= 11 is 5.82. The largest absolute Gasteiger partial charge is 0.445 e. The van der Waals surface area contributed by atoms with Crippen LogP contribution in [0.2, 0.25) is 0 Å². The number of nitrogens with two attached hydrogens (primary N) is 1. The molecule has 4 amide bonds. The van der Waals surface area contributed by atoms with Crippen LogP contribution in [-0.2, 0) is 25.7 Å². The minimum Gasteiger partial charge on any atom is -0.445 e. The zero-order chi connectivity index (χ0) is 22.7. The van der Waals surface area contributed by atoms with E-state index in [1.54, 1.807) is 12.1 Å². The first-order valence-corrected chi connectivity index (χ1v) is 10.0. The van der Waals surface area contributed by atoms with Gasteiger partial charge in [-0.15, -0.1) is 11.6 Å². The van der Waals surface area contributed by atoms with E-state index in [0.29, 0.717) is 6.42 Å². The van der Waals surface area contributed by atoms with Crippen molar-refractivity contribution in [3.05, 3.63) is 35.9 Å². The van der Waals surface area contributed by atoms with Crippen molar-refractivity contribution in [2.75, 3.05) is 6.54 Å². The van der Waals surface area contributed by atoms with E-state index < -0.39 is 35.2 Å². The van der Waals surface area contributed by atoms with Crippen LogP contribution in [0.25, 0.3) is 0 Å². The first-order valence-electron chi connectivity index (χ1n) is 9.61. The molecule has 0 bridgehead atoms. The molecule has 0 saturated carbocycles. The van der Waals surface area contributed by atoms with Crippen molar-refractivity contribution in [1.29, 1.82) is 0 Å². The van der Waals surface area contributed by atoms with Gasteiger partial charge in [0.05, 0.1) is 6.54 Å². The average Bonchev–Trinajstić information content (AvgIpc) is 2.68. The molecule has 4 N–H and O–H groups in total. The smallest absolute Gasteiger partial charge is 0.408 e. The fourth-order valence-electron chi connectivity index (χ4n) is 2.48. The Balaban J connectivity index is 2.78. The van der Waals surface area contributed by atoms with Gasteiger partial charge < -0.3 is 15.8 Å². The zero-order valence-corrected chi connectivity index (χ0v) is 18.1. The summed E-state index contributed by atoms with van der Waals surface area (Å²) < 4.78 is 5.17. The van der Waals surface area contributed by atoms with Crippen molar-refractivity contribution in [2.24, 2.45) is 11.7 Å². The van der Waals surface area contributed by atoms with Crippen LogP contribution in [0.5, 0.6) is 0 Å². The van der Waals surface area contributed by atoms with E-state index in [4.69, 9.17) is 22.1 Å². The summed E-state index contributed by atoms with van der Waals surface area (Å²) in [7, 11) is 0. The maximum atomic E-state index is 12.7. The van der Waals surface area contributed by atoms with Crippen molar-refractivity contribution >= 4 is 35.4 Å². The molecular weight excluding hydrogens is 412 g/mol. The monoisotopic (exact) mass is 440 g/mol. The second kappa shape index (κ2) is 12.7. The molecule has 0 aromatic heterocycles. The quantitative estimate of drug-likeness (QED) is 0.376. The number of hydrazine groups is 1. The molecule has 0 aliphatic rings. The zero-order valence-electron chi connectivity index (χ0n) is 17.4. The fourth-order valence-corrected chi connectivity index (χ4v) is 2.60. The van der Waals surface area contributed by atoms with Gasteiger partial charge in [0, 0.05) is 6.42 Å².